The SMILES string of the molecule is COc1cc(NC(=O)N2CCCN(C)CC2)c2ncccc2c1. The second-order valence-electron chi connectivity index (χ2n) is 5.82. The molecular formula is C17H22N4O2. The summed E-state index contributed by atoms with van der Waals surface area (Å²) in [6.45, 7) is 3.42. The summed E-state index contributed by atoms with van der Waals surface area (Å²) in [6, 6.07) is 7.48. The van der Waals surface area contributed by atoms with Crippen molar-refractivity contribution in [3.05, 3.63) is 30.5 Å². The first-order valence-corrected chi connectivity index (χ1v) is 7.84. The summed E-state index contributed by atoms with van der Waals surface area (Å²) >= 11 is 0. The molecule has 1 saturated heterocycles. The van der Waals surface area contributed by atoms with Crippen LogP contribution in [0.1, 0.15) is 6.42 Å². The summed E-state index contributed by atoms with van der Waals surface area (Å²) in [5.41, 5.74) is 1.45. The van der Waals surface area contributed by atoms with Crippen LogP contribution in [0.15, 0.2) is 30.5 Å². The normalized spacial score (nSPS) is 16.2. The van der Waals surface area contributed by atoms with E-state index >= 15 is 0 Å². The number of nitrogens with one attached hydrogen (secondary N) is 1. The number of benzene rings is 1. The van der Waals surface area contributed by atoms with Crippen LogP contribution in [0, 0.1) is 0 Å². The van der Waals surface area contributed by atoms with Crippen LogP contribution in [0.4, 0.5) is 10.5 Å². The van der Waals surface area contributed by atoms with Crippen molar-refractivity contribution in [1.82, 2.24) is 14.8 Å². The third-order valence-electron chi connectivity index (χ3n) is 4.16. The fourth-order valence-electron chi connectivity index (χ4n) is 2.82. The van der Waals surface area contributed by atoms with Gasteiger partial charge in [0, 0.05) is 37.3 Å². The van der Waals surface area contributed by atoms with Gasteiger partial charge in [0.1, 0.15) is 5.75 Å². The summed E-state index contributed by atoms with van der Waals surface area (Å²) in [5, 5.41) is 3.94. The molecule has 1 aliphatic rings. The van der Waals surface area contributed by atoms with E-state index in [1.54, 1.807) is 13.3 Å². The first-order valence-electron chi connectivity index (χ1n) is 7.84. The fraction of sp³-hybridized carbons (Fsp3) is 0.412. The van der Waals surface area contributed by atoms with E-state index in [9.17, 15) is 4.79 Å². The fourth-order valence-corrected chi connectivity index (χ4v) is 2.82. The molecule has 23 heavy (non-hydrogen) atoms. The Balaban J connectivity index is 1.84. The Morgan fingerprint density at radius 2 is 2.13 bits per heavy atom. The van der Waals surface area contributed by atoms with Gasteiger partial charge in [0.25, 0.3) is 0 Å². The van der Waals surface area contributed by atoms with Crippen molar-refractivity contribution >= 4 is 22.6 Å². The van der Waals surface area contributed by atoms with Crippen LogP contribution in [0.2, 0.25) is 0 Å². The van der Waals surface area contributed by atoms with E-state index in [4.69, 9.17) is 4.74 Å². The molecule has 1 N–H and O–H groups in total. The highest BCUT2D eigenvalue weighted by Crippen LogP contribution is 2.27. The number of ether oxygens (including phenoxy) is 1. The van der Waals surface area contributed by atoms with Gasteiger partial charge < -0.3 is 19.9 Å². The second kappa shape index (κ2) is 6.83. The lowest BCUT2D eigenvalue weighted by atomic mass is 10.2. The summed E-state index contributed by atoms with van der Waals surface area (Å²) in [6.07, 6.45) is 2.71. The molecule has 0 spiro atoms. The number of methoxy groups -OCH3 is 1. The van der Waals surface area contributed by atoms with Crippen molar-refractivity contribution in [3.8, 4) is 5.75 Å². The summed E-state index contributed by atoms with van der Waals surface area (Å²) in [4.78, 5) is 21.1. The zero-order valence-electron chi connectivity index (χ0n) is 13.6. The van der Waals surface area contributed by atoms with Gasteiger partial charge >= 0.3 is 6.03 Å². The van der Waals surface area contributed by atoms with Crippen LogP contribution in [0.3, 0.4) is 0 Å². The number of nitrogens with zero attached hydrogens (tertiary/aromatic N) is 3. The molecule has 2 aromatic rings. The van der Waals surface area contributed by atoms with Gasteiger partial charge in [0.2, 0.25) is 0 Å². The average Bonchev–Trinajstić information content (AvgIpc) is 2.79. The maximum absolute atomic E-state index is 12.6. The summed E-state index contributed by atoms with van der Waals surface area (Å²) in [5.74, 6) is 0.705. The van der Waals surface area contributed by atoms with Gasteiger partial charge in [-0.05, 0) is 32.1 Å². The first kappa shape index (κ1) is 15.6. The molecule has 1 aliphatic heterocycles. The number of aromatic nitrogens is 1. The van der Waals surface area contributed by atoms with Gasteiger partial charge in [-0.3, -0.25) is 4.98 Å². The quantitative estimate of drug-likeness (QED) is 0.925. The predicted molar refractivity (Wildman–Crippen MR) is 91.0 cm³/mol. The molecular weight excluding hydrogens is 292 g/mol. The van der Waals surface area contributed by atoms with Crippen molar-refractivity contribution in [2.24, 2.45) is 0 Å². The van der Waals surface area contributed by atoms with Crippen LogP contribution in [0.5, 0.6) is 5.75 Å². The maximum atomic E-state index is 12.6. The van der Waals surface area contributed by atoms with Crippen molar-refractivity contribution < 1.29 is 9.53 Å². The lowest BCUT2D eigenvalue weighted by molar-refractivity contribution is 0.213. The number of hydrogen-bond acceptors (Lipinski definition) is 4. The molecule has 0 saturated carbocycles. The minimum Gasteiger partial charge on any atom is -0.497 e. The Labute approximate surface area is 136 Å². The molecule has 0 atom stereocenters. The molecule has 1 aromatic carbocycles. The smallest absolute Gasteiger partial charge is 0.321 e. The molecule has 0 bridgehead atoms. The van der Waals surface area contributed by atoms with Crippen LogP contribution in [-0.2, 0) is 0 Å². The highest BCUT2D eigenvalue weighted by Gasteiger charge is 2.18. The lowest BCUT2D eigenvalue weighted by Gasteiger charge is -2.21. The molecule has 2 amide bonds. The zero-order chi connectivity index (χ0) is 16.2. The number of fused-ring (bicyclic) bond motifs is 1. The maximum Gasteiger partial charge on any atom is 0.321 e. The molecule has 0 unspecified atom stereocenters. The number of pyridine rings is 1. The Bertz CT molecular complexity index is 704. The molecule has 122 valence electrons. The van der Waals surface area contributed by atoms with E-state index < -0.39 is 0 Å². The highest BCUT2D eigenvalue weighted by molar-refractivity contribution is 6.00. The predicted octanol–water partition coefficient (Wildman–Crippen LogP) is 2.41. The zero-order valence-corrected chi connectivity index (χ0v) is 13.6. The van der Waals surface area contributed by atoms with Crippen molar-refractivity contribution in [3.63, 3.8) is 0 Å². The molecule has 2 heterocycles. The van der Waals surface area contributed by atoms with Crippen molar-refractivity contribution in [2.45, 2.75) is 6.42 Å². The highest BCUT2D eigenvalue weighted by atomic mass is 16.5. The first-order chi connectivity index (χ1) is 11.2. The lowest BCUT2D eigenvalue weighted by Crippen LogP contribution is -2.37. The number of likely N-dealkylation sites (N-methyl/N-ethyl adjacent to an activating group) is 1. The monoisotopic (exact) mass is 314 g/mol. The molecule has 0 radical (unpaired) electrons. The number of carbonyl (C=O) groups excluding carboxylic acids is 1. The van der Waals surface area contributed by atoms with E-state index in [1.807, 2.05) is 29.2 Å². The van der Waals surface area contributed by atoms with Gasteiger partial charge in [-0.2, -0.15) is 0 Å². The average molecular weight is 314 g/mol. The van der Waals surface area contributed by atoms with Gasteiger partial charge in [-0.15, -0.1) is 0 Å². The number of rotatable bonds is 2. The van der Waals surface area contributed by atoms with E-state index in [0.29, 0.717) is 11.4 Å². The van der Waals surface area contributed by atoms with E-state index in [1.165, 1.54) is 0 Å². The van der Waals surface area contributed by atoms with Gasteiger partial charge in [-0.25, -0.2) is 4.79 Å². The Hall–Kier alpha value is -2.34. The molecule has 6 nitrogen and oxygen atoms in total. The van der Waals surface area contributed by atoms with E-state index in [0.717, 1.165) is 43.5 Å². The molecule has 1 fully saturated rings. The molecule has 1 aromatic heterocycles. The number of hydrogen-bond donors (Lipinski definition) is 1. The van der Waals surface area contributed by atoms with Crippen LogP contribution in [-0.4, -0.2) is 61.2 Å². The number of anilines is 1. The van der Waals surface area contributed by atoms with Crippen LogP contribution in [0.25, 0.3) is 10.9 Å². The van der Waals surface area contributed by atoms with E-state index in [2.05, 4.69) is 22.2 Å². The van der Waals surface area contributed by atoms with E-state index in [-0.39, 0.29) is 6.03 Å². The van der Waals surface area contributed by atoms with Crippen molar-refractivity contribution in [2.75, 3.05) is 45.7 Å². The number of urea groups is 1. The second-order valence-corrected chi connectivity index (χ2v) is 5.82. The minimum absolute atomic E-state index is 0.0829. The van der Waals surface area contributed by atoms with Gasteiger partial charge in [0.15, 0.2) is 0 Å². The van der Waals surface area contributed by atoms with Gasteiger partial charge in [0.05, 0.1) is 18.3 Å². The third kappa shape index (κ3) is 3.53. The van der Waals surface area contributed by atoms with Crippen molar-refractivity contribution in [1.29, 1.82) is 0 Å². The number of amides is 2. The minimum atomic E-state index is -0.0829. The Morgan fingerprint density at radius 1 is 1.26 bits per heavy atom. The molecule has 6 heteroatoms. The summed E-state index contributed by atoms with van der Waals surface area (Å²) in [7, 11) is 3.70. The standard InChI is InChI=1S/C17H22N4O2/c1-20-7-4-8-21(10-9-20)17(22)19-15-12-14(23-2)11-13-5-3-6-18-16(13)15/h3,5-6,11-12H,4,7-10H2,1-2H3,(H,19,22). The number of carbonyl (C=O) groups is 1. The van der Waals surface area contributed by atoms with Gasteiger partial charge in [-0.1, -0.05) is 6.07 Å². The van der Waals surface area contributed by atoms with Crippen LogP contribution < -0.4 is 10.1 Å². The third-order valence-corrected chi connectivity index (χ3v) is 4.16. The summed E-state index contributed by atoms with van der Waals surface area (Å²) < 4.78 is 5.32. The Kier molecular flexibility index (Phi) is 4.62. The van der Waals surface area contributed by atoms with Crippen LogP contribution >= 0.6 is 0 Å². The molecule has 3 rings (SSSR count). The topological polar surface area (TPSA) is 57.7 Å². The molecule has 0 aliphatic carbocycles. The Morgan fingerprint density at radius 3 is 2.96 bits per heavy atom. The largest absolute Gasteiger partial charge is 0.497 e.